The smallest absolute Gasteiger partial charge is 0.288 e. The van der Waals surface area contributed by atoms with E-state index in [-0.39, 0.29) is 5.69 Å². The van der Waals surface area contributed by atoms with E-state index >= 15 is 0 Å². The minimum atomic E-state index is -0.537. The summed E-state index contributed by atoms with van der Waals surface area (Å²) in [5.41, 5.74) is 6.60. The number of ether oxygens (including phenoxy) is 2. The summed E-state index contributed by atoms with van der Waals surface area (Å²) in [5, 5.41) is 4.50. The average Bonchev–Trinajstić information content (AvgIpc) is 3.53. The Morgan fingerprint density at radius 3 is 2.41 bits per heavy atom. The Hall–Kier alpha value is -4.53. The quantitative estimate of drug-likeness (QED) is 0.482. The lowest BCUT2D eigenvalue weighted by atomic mass is 10.2. The number of para-hydroxylation sites is 1. The van der Waals surface area contributed by atoms with Crippen LogP contribution in [-0.4, -0.2) is 34.8 Å². The van der Waals surface area contributed by atoms with E-state index in [2.05, 4.69) is 16.0 Å². The molecule has 0 aliphatic carbocycles. The first-order valence-corrected chi connectivity index (χ1v) is 9.89. The summed E-state index contributed by atoms with van der Waals surface area (Å²) in [5.74, 6) is 0.556. The predicted octanol–water partition coefficient (Wildman–Crippen LogP) is 2.98. The molecule has 1 aliphatic heterocycles. The summed E-state index contributed by atoms with van der Waals surface area (Å²) in [7, 11) is 0. The molecule has 2 aromatic carbocycles. The van der Waals surface area contributed by atoms with E-state index in [1.54, 1.807) is 36.4 Å². The van der Waals surface area contributed by atoms with Crippen LogP contribution in [0.3, 0.4) is 0 Å². The lowest BCUT2D eigenvalue weighted by Gasteiger charge is -2.18. The number of nitrogens with zero attached hydrogens (tertiary/aromatic N) is 2. The molecule has 32 heavy (non-hydrogen) atoms. The van der Waals surface area contributed by atoms with Crippen molar-refractivity contribution in [2.75, 3.05) is 13.2 Å². The fourth-order valence-corrected chi connectivity index (χ4v) is 3.29. The van der Waals surface area contributed by atoms with Crippen molar-refractivity contribution in [3.05, 3.63) is 84.3 Å². The summed E-state index contributed by atoms with van der Waals surface area (Å²) < 4.78 is 17.9. The Balaban J connectivity index is 1.36. The highest BCUT2D eigenvalue weighted by Gasteiger charge is 2.20. The fourth-order valence-electron chi connectivity index (χ4n) is 3.29. The number of hydrogen-bond donors (Lipinski definition) is 2. The number of aromatic nitrogens is 2. The number of benzene rings is 2. The van der Waals surface area contributed by atoms with Crippen LogP contribution in [0.5, 0.6) is 11.5 Å². The Morgan fingerprint density at radius 2 is 1.62 bits per heavy atom. The standard InChI is InChI=1S/C23H18N4O5/c28-22(15-8-9-20-21(13-15)32-12-11-31-20)24-25-23(29)18-14-17(19-7-4-10-30-19)26-27(18)16-5-2-1-3-6-16/h1-10,13-14H,11-12H2,(H,24,28)(H,25,29). The Labute approximate surface area is 182 Å². The zero-order chi connectivity index (χ0) is 21.9. The number of carbonyl (C=O) groups is 2. The van der Waals surface area contributed by atoms with Gasteiger partial charge in [-0.25, -0.2) is 4.68 Å². The number of furan rings is 1. The molecule has 2 N–H and O–H groups in total. The van der Waals surface area contributed by atoms with Gasteiger partial charge in [0, 0.05) is 11.6 Å². The van der Waals surface area contributed by atoms with E-state index in [1.807, 2.05) is 30.3 Å². The Kier molecular flexibility index (Phi) is 5.04. The normalized spacial score (nSPS) is 12.2. The first-order chi connectivity index (χ1) is 15.7. The molecule has 0 radical (unpaired) electrons. The van der Waals surface area contributed by atoms with Crippen LogP contribution in [-0.2, 0) is 0 Å². The fraction of sp³-hybridized carbons (Fsp3) is 0.0870. The van der Waals surface area contributed by atoms with Gasteiger partial charge in [-0.05, 0) is 42.5 Å². The molecule has 2 amide bonds. The molecule has 0 bridgehead atoms. The van der Waals surface area contributed by atoms with Gasteiger partial charge in [0.1, 0.15) is 24.6 Å². The van der Waals surface area contributed by atoms with Crippen molar-refractivity contribution >= 4 is 11.8 Å². The molecule has 4 aromatic rings. The molecule has 9 heteroatoms. The van der Waals surface area contributed by atoms with E-state index in [0.717, 1.165) is 0 Å². The monoisotopic (exact) mass is 430 g/mol. The number of fused-ring (bicyclic) bond motifs is 1. The molecule has 1 aliphatic rings. The highest BCUT2D eigenvalue weighted by molar-refractivity contribution is 5.99. The summed E-state index contributed by atoms with van der Waals surface area (Å²) in [6.45, 7) is 0.875. The number of nitrogens with one attached hydrogen (secondary N) is 2. The molecule has 0 saturated heterocycles. The first-order valence-electron chi connectivity index (χ1n) is 9.89. The van der Waals surface area contributed by atoms with E-state index in [1.165, 1.54) is 10.9 Å². The SMILES string of the molecule is O=C(NNC(=O)c1cc(-c2ccco2)nn1-c1ccccc1)c1ccc2c(c1)OCCO2. The zero-order valence-corrected chi connectivity index (χ0v) is 16.8. The highest BCUT2D eigenvalue weighted by Crippen LogP contribution is 2.30. The van der Waals surface area contributed by atoms with Gasteiger partial charge < -0.3 is 13.9 Å². The number of amides is 2. The van der Waals surface area contributed by atoms with Gasteiger partial charge >= 0.3 is 0 Å². The largest absolute Gasteiger partial charge is 0.486 e. The van der Waals surface area contributed by atoms with Crippen LogP contribution in [0.2, 0.25) is 0 Å². The second-order valence-electron chi connectivity index (χ2n) is 6.91. The van der Waals surface area contributed by atoms with Crippen LogP contribution in [0.1, 0.15) is 20.8 Å². The topological polar surface area (TPSA) is 108 Å². The van der Waals surface area contributed by atoms with Gasteiger partial charge in [0.2, 0.25) is 0 Å². The summed E-state index contributed by atoms with van der Waals surface area (Å²) in [4.78, 5) is 25.5. The van der Waals surface area contributed by atoms with Crippen molar-refractivity contribution in [3.63, 3.8) is 0 Å². The molecular weight excluding hydrogens is 412 g/mol. The molecule has 0 unspecified atom stereocenters. The molecule has 0 fully saturated rings. The molecule has 9 nitrogen and oxygen atoms in total. The van der Waals surface area contributed by atoms with Gasteiger partial charge in [-0.1, -0.05) is 18.2 Å². The Morgan fingerprint density at radius 1 is 0.844 bits per heavy atom. The van der Waals surface area contributed by atoms with E-state index in [9.17, 15) is 9.59 Å². The van der Waals surface area contributed by atoms with E-state index in [0.29, 0.717) is 47.4 Å². The van der Waals surface area contributed by atoms with Crippen LogP contribution >= 0.6 is 0 Å². The molecule has 160 valence electrons. The molecule has 0 spiro atoms. The average molecular weight is 430 g/mol. The molecule has 5 rings (SSSR count). The van der Waals surface area contributed by atoms with Gasteiger partial charge in [-0.3, -0.25) is 20.4 Å². The molecule has 3 heterocycles. The van der Waals surface area contributed by atoms with Crippen LogP contribution in [0, 0.1) is 0 Å². The second-order valence-corrected chi connectivity index (χ2v) is 6.91. The van der Waals surface area contributed by atoms with Crippen LogP contribution in [0.4, 0.5) is 0 Å². The molecule has 0 saturated carbocycles. The van der Waals surface area contributed by atoms with Gasteiger partial charge in [0.05, 0.1) is 12.0 Å². The van der Waals surface area contributed by atoms with E-state index < -0.39 is 11.8 Å². The third-order valence-electron chi connectivity index (χ3n) is 4.81. The maximum atomic E-state index is 12.9. The third-order valence-corrected chi connectivity index (χ3v) is 4.81. The number of rotatable bonds is 4. The van der Waals surface area contributed by atoms with Crippen molar-refractivity contribution in [1.82, 2.24) is 20.6 Å². The van der Waals surface area contributed by atoms with Crippen LogP contribution < -0.4 is 20.3 Å². The Bertz CT molecular complexity index is 1270. The van der Waals surface area contributed by atoms with Crippen molar-refractivity contribution in [2.45, 2.75) is 0 Å². The van der Waals surface area contributed by atoms with Crippen molar-refractivity contribution in [2.24, 2.45) is 0 Å². The lowest BCUT2D eigenvalue weighted by Crippen LogP contribution is -2.42. The summed E-state index contributed by atoms with van der Waals surface area (Å²) in [6.07, 6.45) is 1.53. The highest BCUT2D eigenvalue weighted by atomic mass is 16.6. The van der Waals surface area contributed by atoms with E-state index in [4.69, 9.17) is 13.9 Å². The van der Waals surface area contributed by atoms with Crippen molar-refractivity contribution in [1.29, 1.82) is 0 Å². The van der Waals surface area contributed by atoms with Crippen LogP contribution in [0.25, 0.3) is 17.1 Å². The number of hydrazine groups is 1. The molecule has 2 aromatic heterocycles. The first kappa shape index (κ1) is 19.4. The predicted molar refractivity (Wildman–Crippen MR) is 114 cm³/mol. The van der Waals surface area contributed by atoms with Gasteiger partial charge in [-0.2, -0.15) is 5.10 Å². The third kappa shape index (κ3) is 3.79. The minimum absolute atomic E-state index is 0.227. The van der Waals surface area contributed by atoms with Crippen LogP contribution in [0.15, 0.2) is 77.4 Å². The summed E-state index contributed by atoms with van der Waals surface area (Å²) in [6, 6.07) is 19.1. The number of carbonyl (C=O) groups excluding carboxylic acids is 2. The maximum absolute atomic E-state index is 12.9. The van der Waals surface area contributed by atoms with Gasteiger partial charge in [0.25, 0.3) is 11.8 Å². The van der Waals surface area contributed by atoms with Gasteiger partial charge in [0.15, 0.2) is 17.3 Å². The lowest BCUT2D eigenvalue weighted by molar-refractivity contribution is 0.0841. The second kappa shape index (κ2) is 8.31. The minimum Gasteiger partial charge on any atom is -0.486 e. The summed E-state index contributed by atoms with van der Waals surface area (Å²) >= 11 is 0. The molecule has 0 atom stereocenters. The molecular formula is C23H18N4O5. The maximum Gasteiger partial charge on any atom is 0.288 e. The van der Waals surface area contributed by atoms with Gasteiger partial charge in [-0.15, -0.1) is 0 Å². The number of hydrogen-bond acceptors (Lipinski definition) is 6. The zero-order valence-electron chi connectivity index (χ0n) is 16.8. The van der Waals surface area contributed by atoms with Crippen molar-refractivity contribution < 1.29 is 23.5 Å². The van der Waals surface area contributed by atoms with Crippen molar-refractivity contribution in [3.8, 4) is 28.6 Å².